The molecule has 1 rings (SSSR count). The van der Waals surface area contributed by atoms with Gasteiger partial charge in [-0.3, -0.25) is 0 Å². The van der Waals surface area contributed by atoms with Gasteiger partial charge in [0, 0.05) is 0 Å². The van der Waals surface area contributed by atoms with Crippen LogP contribution in [0.3, 0.4) is 0 Å². The Balaban J connectivity index is 2.66. The van der Waals surface area contributed by atoms with Gasteiger partial charge in [0.05, 0.1) is 13.2 Å². The van der Waals surface area contributed by atoms with Crippen LogP contribution >= 0.6 is 0 Å². The summed E-state index contributed by atoms with van der Waals surface area (Å²) in [4.78, 5) is 0. The topological polar surface area (TPSA) is 18.5 Å². The Morgan fingerprint density at radius 1 is 1.18 bits per heavy atom. The second-order valence-electron chi connectivity index (χ2n) is 3.40. The maximum absolute atomic E-state index is 12.3. The van der Waals surface area contributed by atoms with Crippen molar-refractivity contribution in [1.29, 1.82) is 0 Å². The first-order valence-corrected chi connectivity index (χ1v) is 5.17. The van der Waals surface area contributed by atoms with Crippen LogP contribution in [0.1, 0.15) is 6.92 Å². The molecule has 94 valence electrons. The Labute approximate surface area is 98.1 Å². The lowest BCUT2D eigenvalue weighted by molar-refractivity contribution is 0.292. The summed E-state index contributed by atoms with van der Waals surface area (Å²) >= 11 is 0. The van der Waals surface area contributed by atoms with E-state index >= 15 is 0 Å². The average molecular weight is 245 g/mol. The largest absolute Gasteiger partial charge is 0.508 e. The second kappa shape index (κ2) is 5.66. The fourth-order valence-electron chi connectivity index (χ4n) is 1.11. The molecule has 0 saturated carbocycles. The molecule has 2 nitrogen and oxygen atoms in total. The van der Waals surface area contributed by atoms with E-state index in [4.69, 9.17) is 9.47 Å². The summed E-state index contributed by atoms with van der Waals surface area (Å²) in [7, 11) is 0. The third kappa shape index (κ3) is 4.05. The number of halogens is 3. The standard InChI is InChI=1S/C11H13BF3O2/c1-3-16-10-6-4-5-7-11(10)17-8-9(2)12(13,14)15/h4-7H,2-3,8H2,1H3/q-1. The highest BCUT2D eigenvalue weighted by Crippen LogP contribution is 2.28. The van der Waals surface area contributed by atoms with Gasteiger partial charge in [0.1, 0.15) is 0 Å². The third-order valence-corrected chi connectivity index (χ3v) is 2.02. The Bertz CT molecular complexity index is 391. The first-order chi connectivity index (χ1) is 7.95. The van der Waals surface area contributed by atoms with Crippen molar-refractivity contribution in [3.8, 4) is 11.5 Å². The molecule has 0 N–H and O–H groups in total. The van der Waals surface area contributed by atoms with Crippen molar-refractivity contribution in [3.05, 3.63) is 36.3 Å². The van der Waals surface area contributed by atoms with Crippen LogP contribution in [0.2, 0.25) is 0 Å². The minimum atomic E-state index is -5.05. The highest BCUT2D eigenvalue weighted by atomic mass is 19.4. The minimum Gasteiger partial charge on any atom is -0.490 e. The molecule has 0 atom stereocenters. The molecule has 0 aliphatic rings. The van der Waals surface area contributed by atoms with E-state index in [0.717, 1.165) is 0 Å². The van der Waals surface area contributed by atoms with Gasteiger partial charge in [-0.1, -0.05) is 12.1 Å². The van der Waals surface area contributed by atoms with Gasteiger partial charge >= 0.3 is 6.98 Å². The molecule has 0 aromatic heterocycles. The normalized spacial score (nSPS) is 11.1. The van der Waals surface area contributed by atoms with Crippen molar-refractivity contribution in [2.45, 2.75) is 6.92 Å². The van der Waals surface area contributed by atoms with Crippen molar-refractivity contribution in [3.63, 3.8) is 0 Å². The van der Waals surface area contributed by atoms with E-state index in [1.165, 1.54) is 0 Å². The molecule has 0 aliphatic heterocycles. The van der Waals surface area contributed by atoms with Crippen molar-refractivity contribution in [2.75, 3.05) is 13.2 Å². The van der Waals surface area contributed by atoms with Gasteiger partial charge in [-0.25, -0.2) is 0 Å². The molecule has 6 heteroatoms. The number of ether oxygens (including phenoxy) is 2. The van der Waals surface area contributed by atoms with Crippen molar-refractivity contribution in [1.82, 2.24) is 0 Å². The molecule has 1 aromatic carbocycles. The average Bonchev–Trinajstić information content (AvgIpc) is 2.26. The van der Waals surface area contributed by atoms with Crippen molar-refractivity contribution in [2.24, 2.45) is 0 Å². The Morgan fingerprint density at radius 2 is 1.71 bits per heavy atom. The minimum absolute atomic E-state index is 0.288. The van der Waals surface area contributed by atoms with Gasteiger partial charge in [0.15, 0.2) is 11.5 Å². The number of hydrogen-bond acceptors (Lipinski definition) is 2. The van der Waals surface area contributed by atoms with E-state index in [9.17, 15) is 12.9 Å². The number of para-hydroxylation sites is 2. The predicted octanol–water partition coefficient (Wildman–Crippen LogP) is 3.41. The summed E-state index contributed by atoms with van der Waals surface area (Å²) in [5, 5.41) is 0. The van der Waals surface area contributed by atoms with E-state index in [0.29, 0.717) is 12.4 Å². The van der Waals surface area contributed by atoms with Gasteiger partial charge < -0.3 is 22.4 Å². The Hall–Kier alpha value is -1.59. The van der Waals surface area contributed by atoms with Gasteiger partial charge in [0.25, 0.3) is 0 Å². The molecule has 0 saturated heterocycles. The van der Waals surface area contributed by atoms with Gasteiger partial charge in [-0.05, 0) is 19.1 Å². The van der Waals surface area contributed by atoms with E-state index in [1.54, 1.807) is 31.2 Å². The molecule has 0 spiro atoms. The number of rotatable bonds is 6. The summed E-state index contributed by atoms with van der Waals surface area (Å²) in [6.07, 6.45) is 0. The van der Waals surface area contributed by atoms with Crippen LogP contribution in [-0.2, 0) is 0 Å². The van der Waals surface area contributed by atoms with E-state index in [2.05, 4.69) is 6.58 Å². The van der Waals surface area contributed by atoms with E-state index in [-0.39, 0.29) is 5.75 Å². The zero-order chi connectivity index (χ0) is 12.9. The van der Waals surface area contributed by atoms with Crippen molar-refractivity contribution < 1.29 is 22.4 Å². The van der Waals surface area contributed by atoms with Crippen LogP contribution in [0.5, 0.6) is 11.5 Å². The highest BCUT2D eigenvalue weighted by molar-refractivity contribution is 6.66. The SMILES string of the molecule is C=C(COc1ccccc1OCC)[B-](F)(F)F. The van der Waals surface area contributed by atoms with Gasteiger partial charge in [-0.15, -0.1) is 12.1 Å². The Morgan fingerprint density at radius 3 is 2.18 bits per heavy atom. The fraction of sp³-hybridized carbons (Fsp3) is 0.273. The molecule has 0 amide bonds. The van der Waals surface area contributed by atoms with Crippen LogP contribution in [0, 0.1) is 0 Å². The Kier molecular flexibility index (Phi) is 4.49. The van der Waals surface area contributed by atoms with Crippen molar-refractivity contribution >= 4 is 6.98 Å². The van der Waals surface area contributed by atoms with Crippen LogP contribution in [0.4, 0.5) is 12.9 Å². The quantitative estimate of drug-likeness (QED) is 0.715. The molecule has 0 unspecified atom stereocenters. The first-order valence-electron chi connectivity index (χ1n) is 5.17. The first kappa shape index (κ1) is 13.5. The summed E-state index contributed by atoms with van der Waals surface area (Å²) < 4.78 is 47.0. The molecule has 17 heavy (non-hydrogen) atoms. The highest BCUT2D eigenvalue weighted by Gasteiger charge is 2.27. The van der Waals surface area contributed by atoms with Crippen LogP contribution in [0.15, 0.2) is 36.3 Å². The summed E-state index contributed by atoms with van der Waals surface area (Å²) in [5.41, 5.74) is -0.865. The summed E-state index contributed by atoms with van der Waals surface area (Å²) in [6, 6.07) is 6.59. The molecule has 0 fully saturated rings. The lowest BCUT2D eigenvalue weighted by atomic mass is 9.81. The zero-order valence-electron chi connectivity index (χ0n) is 9.46. The summed E-state index contributed by atoms with van der Waals surface area (Å²) in [6.45, 7) is -0.466. The fourth-order valence-corrected chi connectivity index (χ4v) is 1.11. The zero-order valence-corrected chi connectivity index (χ0v) is 9.46. The van der Waals surface area contributed by atoms with Gasteiger partial charge in [0.2, 0.25) is 0 Å². The van der Waals surface area contributed by atoms with E-state index < -0.39 is 19.1 Å². The summed E-state index contributed by atoms with van der Waals surface area (Å²) in [5.74, 6) is 0.716. The molecule has 1 aromatic rings. The van der Waals surface area contributed by atoms with E-state index in [1.807, 2.05) is 0 Å². The second-order valence-corrected chi connectivity index (χ2v) is 3.40. The van der Waals surface area contributed by atoms with Crippen LogP contribution in [0.25, 0.3) is 0 Å². The van der Waals surface area contributed by atoms with Gasteiger partial charge in [-0.2, -0.15) is 0 Å². The monoisotopic (exact) mass is 245 g/mol. The maximum Gasteiger partial charge on any atom is 0.508 e. The molecule has 0 heterocycles. The lowest BCUT2D eigenvalue weighted by Gasteiger charge is -2.19. The molecule has 0 radical (unpaired) electrons. The molecular weight excluding hydrogens is 232 g/mol. The predicted molar refractivity (Wildman–Crippen MR) is 61.3 cm³/mol. The molecule has 0 aliphatic carbocycles. The number of hydrogen-bond donors (Lipinski definition) is 0. The number of benzene rings is 1. The van der Waals surface area contributed by atoms with Crippen LogP contribution in [-0.4, -0.2) is 20.2 Å². The smallest absolute Gasteiger partial charge is 0.490 e. The third-order valence-electron chi connectivity index (χ3n) is 2.02. The molecule has 0 bridgehead atoms. The molecular formula is C11H13BF3O2-. The van der Waals surface area contributed by atoms with Crippen LogP contribution < -0.4 is 9.47 Å². The lowest BCUT2D eigenvalue weighted by Crippen LogP contribution is -2.23. The maximum atomic E-state index is 12.3.